The number of nitriles is 1. The van der Waals surface area contributed by atoms with Crippen LogP contribution >= 0.6 is 0 Å². The van der Waals surface area contributed by atoms with E-state index in [4.69, 9.17) is 9.68 Å². The van der Waals surface area contributed by atoms with Crippen LogP contribution in [0, 0.1) is 18.3 Å². The van der Waals surface area contributed by atoms with Crippen LogP contribution in [0.25, 0.3) is 0 Å². The summed E-state index contributed by atoms with van der Waals surface area (Å²) in [7, 11) is 0. The van der Waals surface area contributed by atoms with E-state index in [2.05, 4.69) is 5.32 Å². The van der Waals surface area contributed by atoms with Crippen LogP contribution in [0.1, 0.15) is 22.5 Å². The topological polar surface area (TPSA) is 66.0 Å². The molecule has 68 valence electrons. The van der Waals surface area contributed by atoms with Crippen molar-refractivity contribution in [1.82, 2.24) is 5.32 Å². The number of aryl methyl sites for hydroxylation is 1. The van der Waals surface area contributed by atoms with Crippen molar-refractivity contribution in [2.24, 2.45) is 0 Å². The van der Waals surface area contributed by atoms with E-state index in [1.807, 2.05) is 6.07 Å². The fraction of sp³-hybridized carbons (Fsp3) is 0.333. The van der Waals surface area contributed by atoms with Crippen LogP contribution < -0.4 is 5.32 Å². The average molecular weight is 178 g/mol. The van der Waals surface area contributed by atoms with Gasteiger partial charge in [-0.3, -0.25) is 4.79 Å². The molecule has 0 aliphatic heterocycles. The maximum absolute atomic E-state index is 11.3. The highest BCUT2D eigenvalue weighted by molar-refractivity contribution is 5.93. The highest BCUT2D eigenvalue weighted by Gasteiger charge is 2.06. The molecule has 1 N–H and O–H groups in total. The van der Waals surface area contributed by atoms with Crippen molar-refractivity contribution in [3.8, 4) is 6.07 Å². The van der Waals surface area contributed by atoms with Gasteiger partial charge in [0, 0.05) is 6.54 Å². The number of carbonyl (C=O) groups is 1. The van der Waals surface area contributed by atoms with E-state index in [1.54, 1.807) is 13.0 Å². The Hall–Kier alpha value is -1.76. The van der Waals surface area contributed by atoms with Gasteiger partial charge >= 0.3 is 0 Å². The van der Waals surface area contributed by atoms with Crippen LogP contribution in [0.5, 0.6) is 0 Å². The van der Waals surface area contributed by atoms with Crippen LogP contribution in [-0.2, 0) is 0 Å². The second kappa shape index (κ2) is 4.31. The Morgan fingerprint density at radius 2 is 2.54 bits per heavy atom. The Balaban J connectivity index is 2.45. The van der Waals surface area contributed by atoms with E-state index >= 15 is 0 Å². The summed E-state index contributed by atoms with van der Waals surface area (Å²) in [6, 6.07) is 3.60. The molecule has 0 spiro atoms. The number of furan rings is 1. The van der Waals surface area contributed by atoms with Gasteiger partial charge in [0.25, 0.3) is 5.91 Å². The van der Waals surface area contributed by atoms with Crippen LogP contribution in [0.4, 0.5) is 0 Å². The number of rotatable bonds is 3. The molecule has 1 aromatic rings. The normalized spacial score (nSPS) is 9.23. The number of carbonyl (C=O) groups excluding carboxylic acids is 1. The van der Waals surface area contributed by atoms with E-state index in [0.717, 1.165) is 0 Å². The van der Waals surface area contributed by atoms with Crippen LogP contribution in [-0.4, -0.2) is 12.5 Å². The minimum Gasteiger partial charge on any atom is -0.469 e. The van der Waals surface area contributed by atoms with Crippen molar-refractivity contribution in [3.05, 3.63) is 23.7 Å². The van der Waals surface area contributed by atoms with Gasteiger partial charge in [-0.05, 0) is 13.0 Å². The largest absolute Gasteiger partial charge is 0.469 e. The minimum absolute atomic E-state index is 0.202. The molecular weight excluding hydrogens is 168 g/mol. The fourth-order valence-electron chi connectivity index (χ4n) is 0.897. The van der Waals surface area contributed by atoms with Crippen molar-refractivity contribution in [3.63, 3.8) is 0 Å². The van der Waals surface area contributed by atoms with Crippen LogP contribution in [0.15, 0.2) is 16.7 Å². The maximum Gasteiger partial charge on any atom is 0.254 e. The fourth-order valence-corrected chi connectivity index (χ4v) is 0.897. The van der Waals surface area contributed by atoms with E-state index in [-0.39, 0.29) is 5.91 Å². The molecule has 0 aliphatic rings. The quantitative estimate of drug-likeness (QED) is 0.708. The van der Waals surface area contributed by atoms with E-state index in [9.17, 15) is 4.79 Å². The molecular formula is C9H10N2O2. The molecule has 0 fully saturated rings. The molecule has 13 heavy (non-hydrogen) atoms. The minimum atomic E-state index is -0.202. The molecule has 1 amide bonds. The second-order valence-electron chi connectivity index (χ2n) is 2.61. The standard InChI is InChI=1S/C9H10N2O2/c1-7-5-8(6-13-7)9(12)11-4-2-3-10/h5-6H,2,4H2,1H3,(H,11,12). The zero-order valence-electron chi connectivity index (χ0n) is 7.33. The van der Waals surface area contributed by atoms with Crippen molar-refractivity contribution in [2.75, 3.05) is 6.54 Å². The van der Waals surface area contributed by atoms with Gasteiger partial charge < -0.3 is 9.73 Å². The lowest BCUT2D eigenvalue weighted by atomic mass is 10.3. The lowest BCUT2D eigenvalue weighted by Crippen LogP contribution is -2.23. The molecule has 0 saturated carbocycles. The van der Waals surface area contributed by atoms with E-state index in [0.29, 0.717) is 24.3 Å². The second-order valence-corrected chi connectivity index (χ2v) is 2.61. The highest BCUT2D eigenvalue weighted by atomic mass is 16.3. The molecule has 1 heterocycles. The van der Waals surface area contributed by atoms with Gasteiger partial charge in [-0.1, -0.05) is 0 Å². The molecule has 0 aliphatic carbocycles. The molecule has 4 heteroatoms. The molecule has 0 unspecified atom stereocenters. The summed E-state index contributed by atoms with van der Waals surface area (Å²) in [5, 5.41) is 10.8. The summed E-state index contributed by atoms with van der Waals surface area (Å²) < 4.78 is 4.97. The molecule has 4 nitrogen and oxygen atoms in total. The zero-order chi connectivity index (χ0) is 9.68. The van der Waals surface area contributed by atoms with Gasteiger partial charge in [-0.25, -0.2) is 0 Å². The summed E-state index contributed by atoms with van der Waals surface area (Å²) in [6.07, 6.45) is 1.72. The van der Waals surface area contributed by atoms with Crippen LogP contribution in [0.2, 0.25) is 0 Å². The van der Waals surface area contributed by atoms with E-state index < -0.39 is 0 Å². The number of hydrogen-bond donors (Lipinski definition) is 1. The first-order valence-electron chi connectivity index (χ1n) is 3.94. The number of nitrogens with one attached hydrogen (secondary N) is 1. The van der Waals surface area contributed by atoms with Gasteiger partial charge in [0.05, 0.1) is 18.1 Å². The van der Waals surface area contributed by atoms with E-state index in [1.165, 1.54) is 6.26 Å². The summed E-state index contributed by atoms with van der Waals surface area (Å²) in [4.78, 5) is 11.3. The van der Waals surface area contributed by atoms with Crippen molar-refractivity contribution < 1.29 is 9.21 Å². The van der Waals surface area contributed by atoms with Gasteiger partial charge in [0.15, 0.2) is 0 Å². The summed E-state index contributed by atoms with van der Waals surface area (Å²) in [6.45, 7) is 2.14. The number of nitrogens with zero attached hydrogens (tertiary/aromatic N) is 1. The first kappa shape index (κ1) is 9.33. The molecule has 0 bridgehead atoms. The molecule has 0 aromatic carbocycles. The summed E-state index contributed by atoms with van der Waals surface area (Å²) in [5.74, 6) is 0.498. The first-order valence-corrected chi connectivity index (χ1v) is 3.94. The third kappa shape index (κ3) is 2.64. The number of hydrogen-bond acceptors (Lipinski definition) is 3. The van der Waals surface area contributed by atoms with Crippen molar-refractivity contribution in [2.45, 2.75) is 13.3 Å². The number of amides is 1. The summed E-state index contributed by atoms with van der Waals surface area (Å²) >= 11 is 0. The summed E-state index contributed by atoms with van der Waals surface area (Å²) in [5.41, 5.74) is 0.496. The smallest absolute Gasteiger partial charge is 0.254 e. The molecule has 1 rings (SSSR count). The maximum atomic E-state index is 11.3. The highest BCUT2D eigenvalue weighted by Crippen LogP contribution is 2.05. The third-order valence-electron chi connectivity index (χ3n) is 1.52. The Bertz CT molecular complexity index is 336. The first-order chi connectivity index (χ1) is 6.24. The van der Waals surface area contributed by atoms with Gasteiger partial charge in [0.2, 0.25) is 0 Å². The van der Waals surface area contributed by atoms with Crippen molar-refractivity contribution in [1.29, 1.82) is 5.26 Å². The van der Waals surface area contributed by atoms with Gasteiger partial charge in [-0.15, -0.1) is 0 Å². The lowest BCUT2D eigenvalue weighted by molar-refractivity contribution is 0.0954. The molecule has 1 aromatic heterocycles. The zero-order valence-corrected chi connectivity index (χ0v) is 7.33. The Kier molecular flexibility index (Phi) is 3.09. The molecule has 0 atom stereocenters. The lowest BCUT2D eigenvalue weighted by Gasteiger charge is -1.97. The third-order valence-corrected chi connectivity index (χ3v) is 1.52. The molecule has 0 saturated heterocycles. The molecule has 0 radical (unpaired) electrons. The van der Waals surface area contributed by atoms with Crippen LogP contribution in [0.3, 0.4) is 0 Å². The van der Waals surface area contributed by atoms with Crippen molar-refractivity contribution >= 4 is 5.91 Å². The Morgan fingerprint density at radius 3 is 3.08 bits per heavy atom. The Labute approximate surface area is 76.2 Å². The SMILES string of the molecule is Cc1cc(C(=O)NCCC#N)co1. The Morgan fingerprint density at radius 1 is 1.77 bits per heavy atom. The van der Waals surface area contributed by atoms with Gasteiger partial charge in [-0.2, -0.15) is 5.26 Å². The predicted octanol–water partition coefficient (Wildman–Crippen LogP) is 1.23. The monoisotopic (exact) mass is 178 g/mol. The predicted molar refractivity (Wildman–Crippen MR) is 46.0 cm³/mol. The average Bonchev–Trinajstić information content (AvgIpc) is 2.52. The van der Waals surface area contributed by atoms with Gasteiger partial charge in [0.1, 0.15) is 12.0 Å².